The Balaban J connectivity index is 0.00000180. The maximum Gasteiger partial charge on any atom is 0.222 e. The predicted octanol–water partition coefficient (Wildman–Crippen LogP) is 2.96. The molecule has 0 radical (unpaired) electrons. The third-order valence-corrected chi connectivity index (χ3v) is 4.82. The summed E-state index contributed by atoms with van der Waals surface area (Å²) in [6.07, 6.45) is 9.65. The predicted molar refractivity (Wildman–Crippen MR) is 81.4 cm³/mol. The lowest BCUT2D eigenvalue weighted by Crippen LogP contribution is -2.48. The molecule has 0 aromatic heterocycles. The molecule has 3 nitrogen and oxygen atoms in total. The van der Waals surface area contributed by atoms with Crippen LogP contribution in [0.1, 0.15) is 58.3 Å². The molecule has 0 bridgehead atoms. The molecule has 1 saturated carbocycles. The van der Waals surface area contributed by atoms with Crippen molar-refractivity contribution in [2.24, 2.45) is 17.6 Å². The summed E-state index contributed by atoms with van der Waals surface area (Å²) < 4.78 is 0. The van der Waals surface area contributed by atoms with Gasteiger partial charge in [-0.3, -0.25) is 4.79 Å². The Morgan fingerprint density at radius 2 is 1.89 bits per heavy atom. The first-order valence-corrected chi connectivity index (χ1v) is 7.70. The topological polar surface area (TPSA) is 46.3 Å². The van der Waals surface area contributed by atoms with Crippen molar-refractivity contribution >= 4 is 18.3 Å². The number of hydrogen-bond acceptors (Lipinski definition) is 2. The molecule has 2 atom stereocenters. The number of carbonyl (C=O) groups is 1. The highest BCUT2D eigenvalue weighted by Crippen LogP contribution is 2.27. The highest BCUT2D eigenvalue weighted by molar-refractivity contribution is 5.85. The zero-order valence-electron chi connectivity index (χ0n) is 12.1. The number of likely N-dealkylation sites (tertiary alicyclic amines) is 1. The van der Waals surface area contributed by atoms with Gasteiger partial charge in [-0.1, -0.05) is 39.0 Å². The van der Waals surface area contributed by atoms with Crippen molar-refractivity contribution in [3.63, 3.8) is 0 Å². The highest BCUT2D eigenvalue weighted by atomic mass is 35.5. The van der Waals surface area contributed by atoms with Crippen molar-refractivity contribution < 1.29 is 4.79 Å². The third-order valence-electron chi connectivity index (χ3n) is 4.82. The van der Waals surface area contributed by atoms with Crippen LogP contribution in [-0.4, -0.2) is 29.9 Å². The summed E-state index contributed by atoms with van der Waals surface area (Å²) in [6.45, 7) is 3.89. The van der Waals surface area contributed by atoms with Crippen LogP contribution in [-0.2, 0) is 4.79 Å². The van der Waals surface area contributed by atoms with E-state index in [1.807, 2.05) is 4.90 Å². The van der Waals surface area contributed by atoms with E-state index >= 15 is 0 Å². The van der Waals surface area contributed by atoms with Gasteiger partial charge in [0, 0.05) is 25.6 Å². The Kier molecular flexibility index (Phi) is 7.16. The largest absolute Gasteiger partial charge is 0.342 e. The fourth-order valence-electron chi connectivity index (χ4n) is 3.35. The Morgan fingerprint density at radius 3 is 2.53 bits per heavy atom. The summed E-state index contributed by atoms with van der Waals surface area (Å²) in [6, 6.07) is 0.285. The lowest BCUT2D eigenvalue weighted by Gasteiger charge is -2.35. The van der Waals surface area contributed by atoms with Crippen LogP contribution in [0.25, 0.3) is 0 Å². The van der Waals surface area contributed by atoms with Gasteiger partial charge >= 0.3 is 0 Å². The SMILES string of the molecule is CC1CN(C(=O)CCC2CCCCC2)CCC1N.Cl. The molecule has 1 amide bonds. The molecule has 2 rings (SSSR count). The lowest BCUT2D eigenvalue weighted by molar-refractivity contribution is -0.133. The maximum atomic E-state index is 12.2. The summed E-state index contributed by atoms with van der Waals surface area (Å²) in [5, 5.41) is 0. The van der Waals surface area contributed by atoms with Crippen molar-refractivity contribution in [1.29, 1.82) is 0 Å². The number of rotatable bonds is 3. The van der Waals surface area contributed by atoms with Gasteiger partial charge in [0.1, 0.15) is 0 Å². The van der Waals surface area contributed by atoms with Crippen LogP contribution < -0.4 is 5.73 Å². The minimum absolute atomic E-state index is 0. The van der Waals surface area contributed by atoms with Crippen LogP contribution in [0.2, 0.25) is 0 Å². The number of hydrogen-bond donors (Lipinski definition) is 1. The van der Waals surface area contributed by atoms with Gasteiger partial charge in [-0.05, 0) is 24.7 Å². The van der Waals surface area contributed by atoms with Gasteiger partial charge in [0.2, 0.25) is 5.91 Å². The van der Waals surface area contributed by atoms with Gasteiger partial charge in [0.15, 0.2) is 0 Å². The summed E-state index contributed by atoms with van der Waals surface area (Å²) in [7, 11) is 0. The van der Waals surface area contributed by atoms with Crippen molar-refractivity contribution in [2.45, 2.75) is 64.3 Å². The summed E-state index contributed by atoms with van der Waals surface area (Å²) in [4.78, 5) is 14.2. The van der Waals surface area contributed by atoms with E-state index in [-0.39, 0.29) is 18.4 Å². The van der Waals surface area contributed by atoms with Crippen molar-refractivity contribution in [1.82, 2.24) is 4.90 Å². The maximum absolute atomic E-state index is 12.2. The van der Waals surface area contributed by atoms with Crippen molar-refractivity contribution in [3.05, 3.63) is 0 Å². The molecule has 1 aliphatic heterocycles. The molecule has 2 aliphatic rings. The molecule has 112 valence electrons. The summed E-state index contributed by atoms with van der Waals surface area (Å²) in [5.41, 5.74) is 5.99. The van der Waals surface area contributed by atoms with Gasteiger partial charge in [0.25, 0.3) is 0 Å². The van der Waals surface area contributed by atoms with Crippen LogP contribution >= 0.6 is 12.4 Å². The lowest BCUT2D eigenvalue weighted by atomic mass is 9.86. The molecule has 1 aliphatic carbocycles. The second-order valence-corrected chi connectivity index (χ2v) is 6.31. The molecule has 2 N–H and O–H groups in total. The van der Waals surface area contributed by atoms with E-state index in [4.69, 9.17) is 5.73 Å². The molecule has 2 fully saturated rings. The van der Waals surface area contributed by atoms with Gasteiger partial charge in [0.05, 0.1) is 0 Å². The zero-order chi connectivity index (χ0) is 13.0. The van der Waals surface area contributed by atoms with E-state index in [1.54, 1.807) is 0 Å². The summed E-state index contributed by atoms with van der Waals surface area (Å²) in [5.74, 6) is 1.63. The molecule has 1 heterocycles. The van der Waals surface area contributed by atoms with Gasteiger partial charge in [-0.25, -0.2) is 0 Å². The van der Waals surface area contributed by atoms with Gasteiger partial charge < -0.3 is 10.6 Å². The Morgan fingerprint density at radius 1 is 1.21 bits per heavy atom. The second-order valence-electron chi connectivity index (χ2n) is 6.31. The molecule has 2 unspecified atom stereocenters. The normalized spacial score (nSPS) is 28.8. The van der Waals surface area contributed by atoms with Crippen molar-refractivity contribution in [2.75, 3.05) is 13.1 Å². The molecular formula is C15H29ClN2O. The minimum atomic E-state index is 0. The fraction of sp³-hybridized carbons (Fsp3) is 0.933. The Bertz CT molecular complexity index is 279. The molecule has 19 heavy (non-hydrogen) atoms. The number of amides is 1. The Labute approximate surface area is 123 Å². The minimum Gasteiger partial charge on any atom is -0.342 e. The van der Waals surface area contributed by atoms with E-state index in [1.165, 1.54) is 32.1 Å². The first-order chi connectivity index (χ1) is 8.66. The van der Waals surface area contributed by atoms with Crippen LogP contribution in [0.15, 0.2) is 0 Å². The fourth-order valence-corrected chi connectivity index (χ4v) is 3.35. The van der Waals surface area contributed by atoms with Crippen molar-refractivity contribution in [3.8, 4) is 0 Å². The quantitative estimate of drug-likeness (QED) is 0.868. The number of carbonyl (C=O) groups excluding carboxylic acids is 1. The first kappa shape index (κ1) is 16.8. The smallest absolute Gasteiger partial charge is 0.222 e. The first-order valence-electron chi connectivity index (χ1n) is 7.70. The van der Waals surface area contributed by atoms with E-state index in [2.05, 4.69) is 6.92 Å². The molecule has 0 aromatic rings. The monoisotopic (exact) mass is 288 g/mol. The number of piperidine rings is 1. The average Bonchev–Trinajstić information content (AvgIpc) is 2.40. The van der Waals surface area contributed by atoms with E-state index < -0.39 is 0 Å². The van der Waals surface area contributed by atoms with Gasteiger partial charge in [-0.15, -0.1) is 12.4 Å². The number of nitrogens with zero attached hydrogens (tertiary/aromatic N) is 1. The standard InChI is InChI=1S/C15H28N2O.ClH/c1-12-11-17(10-9-14(12)16)15(18)8-7-13-5-3-2-4-6-13;/h12-14H,2-11,16H2,1H3;1H. The van der Waals surface area contributed by atoms with Crippen LogP contribution in [0.4, 0.5) is 0 Å². The molecule has 1 saturated heterocycles. The second kappa shape index (κ2) is 8.11. The zero-order valence-corrected chi connectivity index (χ0v) is 13.0. The molecule has 4 heteroatoms. The molecular weight excluding hydrogens is 260 g/mol. The number of nitrogens with two attached hydrogens (primary N) is 1. The highest BCUT2D eigenvalue weighted by Gasteiger charge is 2.26. The van der Waals surface area contributed by atoms with Crippen LogP contribution in [0, 0.1) is 11.8 Å². The Hall–Kier alpha value is -0.280. The summed E-state index contributed by atoms with van der Waals surface area (Å²) >= 11 is 0. The molecule has 0 spiro atoms. The van der Waals surface area contributed by atoms with E-state index in [0.29, 0.717) is 11.8 Å². The van der Waals surface area contributed by atoms with E-state index in [9.17, 15) is 4.79 Å². The van der Waals surface area contributed by atoms with Crippen LogP contribution in [0.3, 0.4) is 0 Å². The van der Waals surface area contributed by atoms with Gasteiger partial charge in [-0.2, -0.15) is 0 Å². The van der Waals surface area contributed by atoms with E-state index in [0.717, 1.165) is 38.3 Å². The van der Waals surface area contributed by atoms with Crippen LogP contribution in [0.5, 0.6) is 0 Å². The molecule has 0 aromatic carbocycles. The third kappa shape index (κ3) is 4.96. The number of halogens is 1. The average molecular weight is 289 g/mol.